The molecular weight excluding hydrogens is 781 g/mol. The Labute approximate surface area is 389 Å². The van der Waals surface area contributed by atoms with Crippen LogP contribution in [0.15, 0.2) is 72.9 Å². The standard InChI is InChI=1S/C57H98O6/c1-4-7-10-13-16-19-22-25-28-30-32-35-38-41-44-47-50-56(59)62-53-54(52-61-55(58)49-46-43-40-37-34-31-27-24-21-18-15-12-9-6-3)63-57(60)51-48-45-42-39-36-33-29-26-23-20-17-14-11-8-5-2/h8,11,14,17,20,23,26,28-31,34,54H,4-7,9-10,12-13,15-16,18-19,21-22,24-25,27,32-33,35-53H2,1-3H3/b11-8-,17-14-,23-20-,29-26-,30-28-,34-31-. The average molecular weight is 879 g/mol. The Morgan fingerprint density at radius 2 is 0.635 bits per heavy atom. The fraction of sp³-hybridized carbons (Fsp3) is 0.737. The Hall–Kier alpha value is -3.15. The van der Waals surface area contributed by atoms with E-state index in [9.17, 15) is 14.4 Å². The molecular formula is C57H98O6. The van der Waals surface area contributed by atoms with E-state index >= 15 is 0 Å². The van der Waals surface area contributed by atoms with Gasteiger partial charge in [0.25, 0.3) is 0 Å². The summed E-state index contributed by atoms with van der Waals surface area (Å²) in [5.74, 6) is -0.938. The molecule has 0 aliphatic carbocycles. The van der Waals surface area contributed by atoms with E-state index in [0.717, 1.165) is 103 Å². The van der Waals surface area contributed by atoms with E-state index in [1.165, 1.54) is 109 Å². The van der Waals surface area contributed by atoms with Gasteiger partial charge in [-0.05, 0) is 89.9 Å². The van der Waals surface area contributed by atoms with Gasteiger partial charge < -0.3 is 14.2 Å². The molecule has 0 N–H and O–H groups in total. The third kappa shape index (κ3) is 49.7. The lowest BCUT2D eigenvalue weighted by molar-refractivity contribution is -0.167. The van der Waals surface area contributed by atoms with Crippen LogP contribution in [0.5, 0.6) is 0 Å². The van der Waals surface area contributed by atoms with Crippen molar-refractivity contribution < 1.29 is 28.6 Å². The minimum Gasteiger partial charge on any atom is -0.462 e. The van der Waals surface area contributed by atoms with Crippen molar-refractivity contribution in [1.29, 1.82) is 0 Å². The Bertz CT molecular complexity index is 1190. The van der Waals surface area contributed by atoms with E-state index in [2.05, 4.69) is 75.5 Å². The van der Waals surface area contributed by atoms with Gasteiger partial charge in [0.1, 0.15) is 13.2 Å². The molecule has 0 rings (SSSR count). The van der Waals surface area contributed by atoms with Crippen molar-refractivity contribution in [2.75, 3.05) is 13.2 Å². The molecule has 0 aliphatic rings. The van der Waals surface area contributed by atoms with Crippen LogP contribution in [0.25, 0.3) is 0 Å². The van der Waals surface area contributed by atoms with Crippen LogP contribution in [0, 0.1) is 0 Å². The Kier molecular flexibility index (Phi) is 48.9. The summed E-state index contributed by atoms with van der Waals surface area (Å²) in [7, 11) is 0. The Morgan fingerprint density at radius 3 is 1.03 bits per heavy atom. The predicted molar refractivity (Wildman–Crippen MR) is 270 cm³/mol. The highest BCUT2D eigenvalue weighted by molar-refractivity contribution is 5.71. The molecule has 6 nitrogen and oxygen atoms in total. The minimum atomic E-state index is -0.796. The van der Waals surface area contributed by atoms with Crippen molar-refractivity contribution in [3.05, 3.63) is 72.9 Å². The van der Waals surface area contributed by atoms with Gasteiger partial charge in [0.15, 0.2) is 6.10 Å². The molecule has 1 unspecified atom stereocenters. The van der Waals surface area contributed by atoms with Crippen molar-refractivity contribution in [2.24, 2.45) is 0 Å². The molecule has 0 spiro atoms. The fourth-order valence-corrected chi connectivity index (χ4v) is 7.27. The molecule has 6 heteroatoms. The number of hydrogen-bond acceptors (Lipinski definition) is 6. The van der Waals surface area contributed by atoms with Crippen LogP contribution in [0.4, 0.5) is 0 Å². The maximum absolute atomic E-state index is 12.8. The second kappa shape index (κ2) is 51.5. The zero-order chi connectivity index (χ0) is 45.8. The maximum Gasteiger partial charge on any atom is 0.306 e. The van der Waals surface area contributed by atoms with E-state index in [1.54, 1.807) is 0 Å². The molecule has 0 aromatic rings. The summed E-state index contributed by atoms with van der Waals surface area (Å²) in [4.78, 5) is 38.0. The predicted octanol–water partition coefficient (Wildman–Crippen LogP) is 17.4. The number of carbonyl (C=O) groups is 3. The zero-order valence-corrected chi connectivity index (χ0v) is 41.3. The number of allylic oxidation sites excluding steroid dienone is 12. The van der Waals surface area contributed by atoms with Crippen LogP contribution in [-0.4, -0.2) is 37.2 Å². The van der Waals surface area contributed by atoms with Crippen LogP contribution in [0.2, 0.25) is 0 Å². The van der Waals surface area contributed by atoms with E-state index < -0.39 is 6.10 Å². The van der Waals surface area contributed by atoms with Crippen LogP contribution in [0.1, 0.15) is 252 Å². The first-order chi connectivity index (χ1) is 31.0. The quantitative estimate of drug-likeness (QED) is 0.0199. The van der Waals surface area contributed by atoms with Gasteiger partial charge in [-0.1, -0.05) is 216 Å². The van der Waals surface area contributed by atoms with Gasteiger partial charge in [0.05, 0.1) is 0 Å². The van der Waals surface area contributed by atoms with Crippen molar-refractivity contribution in [3.8, 4) is 0 Å². The SMILES string of the molecule is CC\C=C/C=C\C=C/C=C\CCCCCCCC(=O)OC(COC(=O)CCCCC/C=C\CCCCCCCCC)COC(=O)CCCCCCC/C=C\CCCCCCCCC. The molecule has 0 heterocycles. The molecule has 362 valence electrons. The number of hydrogen-bond donors (Lipinski definition) is 0. The van der Waals surface area contributed by atoms with E-state index in [0.29, 0.717) is 19.3 Å². The number of unbranched alkanes of at least 4 members (excludes halogenated alkanes) is 27. The number of rotatable bonds is 47. The summed E-state index contributed by atoms with van der Waals surface area (Å²) in [6.07, 6.45) is 64.5. The van der Waals surface area contributed by atoms with Crippen molar-refractivity contribution >= 4 is 17.9 Å². The summed E-state index contributed by atoms with van der Waals surface area (Å²) in [5.41, 5.74) is 0. The van der Waals surface area contributed by atoms with E-state index in [-0.39, 0.29) is 31.1 Å². The lowest BCUT2D eigenvalue weighted by atomic mass is 10.1. The molecule has 0 radical (unpaired) electrons. The molecule has 0 amide bonds. The van der Waals surface area contributed by atoms with Crippen LogP contribution >= 0.6 is 0 Å². The first-order valence-corrected chi connectivity index (χ1v) is 26.5. The van der Waals surface area contributed by atoms with Crippen LogP contribution in [-0.2, 0) is 28.6 Å². The maximum atomic E-state index is 12.8. The number of ether oxygens (including phenoxy) is 3. The third-order valence-corrected chi connectivity index (χ3v) is 11.3. The topological polar surface area (TPSA) is 78.9 Å². The lowest BCUT2D eigenvalue weighted by Gasteiger charge is -2.18. The first-order valence-electron chi connectivity index (χ1n) is 26.5. The summed E-state index contributed by atoms with van der Waals surface area (Å²) in [6, 6.07) is 0. The van der Waals surface area contributed by atoms with Gasteiger partial charge in [0.2, 0.25) is 0 Å². The van der Waals surface area contributed by atoms with Gasteiger partial charge in [-0.15, -0.1) is 0 Å². The third-order valence-electron chi connectivity index (χ3n) is 11.3. The molecule has 0 aromatic heterocycles. The highest BCUT2D eigenvalue weighted by Crippen LogP contribution is 2.14. The Balaban J connectivity index is 4.45. The molecule has 1 atom stereocenters. The smallest absolute Gasteiger partial charge is 0.306 e. The summed E-state index contributed by atoms with van der Waals surface area (Å²) in [6.45, 7) is 6.46. The van der Waals surface area contributed by atoms with Crippen molar-refractivity contribution in [2.45, 2.75) is 258 Å². The van der Waals surface area contributed by atoms with Gasteiger partial charge >= 0.3 is 17.9 Å². The van der Waals surface area contributed by atoms with E-state index in [1.807, 2.05) is 18.2 Å². The van der Waals surface area contributed by atoms with Gasteiger partial charge in [0, 0.05) is 19.3 Å². The number of esters is 3. The second-order valence-electron chi connectivity index (χ2n) is 17.5. The summed E-state index contributed by atoms with van der Waals surface area (Å²) < 4.78 is 16.8. The van der Waals surface area contributed by atoms with Gasteiger partial charge in [-0.2, -0.15) is 0 Å². The zero-order valence-electron chi connectivity index (χ0n) is 41.3. The van der Waals surface area contributed by atoms with Crippen LogP contribution in [0.3, 0.4) is 0 Å². The average Bonchev–Trinajstić information content (AvgIpc) is 3.28. The number of carbonyl (C=O) groups excluding carboxylic acids is 3. The molecule has 63 heavy (non-hydrogen) atoms. The van der Waals surface area contributed by atoms with E-state index in [4.69, 9.17) is 14.2 Å². The first kappa shape index (κ1) is 59.9. The summed E-state index contributed by atoms with van der Waals surface area (Å²) in [5, 5.41) is 0. The molecule has 0 fully saturated rings. The normalized spacial score (nSPS) is 12.6. The molecule has 0 bridgehead atoms. The molecule has 0 saturated heterocycles. The monoisotopic (exact) mass is 879 g/mol. The van der Waals surface area contributed by atoms with Crippen molar-refractivity contribution in [3.63, 3.8) is 0 Å². The summed E-state index contributed by atoms with van der Waals surface area (Å²) >= 11 is 0. The van der Waals surface area contributed by atoms with Gasteiger partial charge in [-0.3, -0.25) is 14.4 Å². The highest BCUT2D eigenvalue weighted by atomic mass is 16.6. The fourth-order valence-electron chi connectivity index (χ4n) is 7.27. The van der Waals surface area contributed by atoms with Gasteiger partial charge in [-0.25, -0.2) is 0 Å². The largest absolute Gasteiger partial charge is 0.462 e. The lowest BCUT2D eigenvalue weighted by Crippen LogP contribution is -2.30. The van der Waals surface area contributed by atoms with Crippen LogP contribution < -0.4 is 0 Å². The van der Waals surface area contributed by atoms with Crippen molar-refractivity contribution in [1.82, 2.24) is 0 Å². The molecule has 0 aromatic carbocycles. The molecule has 0 saturated carbocycles. The molecule has 0 aliphatic heterocycles. The second-order valence-corrected chi connectivity index (χ2v) is 17.5. The Morgan fingerprint density at radius 1 is 0.333 bits per heavy atom. The highest BCUT2D eigenvalue weighted by Gasteiger charge is 2.19. The minimum absolute atomic E-state index is 0.0941.